The van der Waals surface area contributed by atoms with Crippen LogP contribution in [0.15, 0.2) is 12.1 Å². The van der Waals surface area contributed by atoms with Crippen LogP contribution in [0.25, 0.3) is 0 Å². The summed E-state index contributed by atoms with van der Waals surface area (Å²) in [5.41, 5.74) is 3.73. The molecule has 2 heteroatoms. The summed E-state index contributed by atoms with van der Waals surface area (Å²) in [4.78, 5) is 11.5. The van der Waals surface area contributed by atoms with E-state index in [-0.39, 0.29) is 5.97 Å². The van der Waals surface area contributed by atoms with Crippen LogP contribution in [0.5, 0.6) is 5.75 Å². The summed E-state index contributed by atoms with van der Waals surface area (Å²) in [5, 5.41) is 0. The summed E-state index contributed by atoms with van der Waals surface area (Å²) >= 11 is 0. The fourth-order valence-corrected chi connectivity index (χ4v) is 2.87. The van der Waals surface area contributed by atoms with E-state index in [2.05, 4.69) is 26.0 Å². The minimum absolute atomic E-state index is 0.0950. The average Bonchev–Trinajstić information content (AvgIpc) is 2.80. The number of carbonyl (C=O) groups is 1. The molecule has 0 saturated carbocycles. The van der Waals surface area contributed by atoms with Crippen molar-refractivity contribution in [3.63, 3.8) is 0 Å². The van der Waals surface area contributed by atoms with Gasteiger partial charge in [0, 0.05) is 5.56 Å². The molecular formula is C18H26O2. The van der Waals surface area contributed by atoms with Crippen LogP contribution >= 0.6 is 0 Å². The largest absolute Gasteiger partial charge is 0.426 e. The third-order valence-electron chi connectivity index (χ3n) is 3.97. The second kappa shape index (κ2) is 7.47. The van der Waals surface area contributed by atoms with Gasteiger partial charge in [-0.1, -0.05) is 51.7 Å². The maximum absolute atomic E-state index is 11.5. The van der Waals surface area contributed by atoms with Gasteiger partial charge in [0.05, 0.1) is 6.42 Å². The minimum atomic E-state index is -0.0950. The maximum atomic E-state index is 11.5. The molecule has 0 aromatic heterocycles. The van der Waals surface area contributed by atoms with Gasteiger partial charge in [-0.3, -0.25) is 4.79 Å². The summed E-state index contributed by atoms with van der Waals surface area (Å²) < 4.78 is 5.41. The summed E-state index contributed by atoms with van der Waals surface area (Å²) in [6.45, 7) is 4.44. The van der Waals surface area contributed by atoms with E-state index >= 15 is 0 Å². The number of fused-ring (bicyclic) bond motifs is 1. The fraction of sp³-hybridized carbons (Fsp3) is 0.611. The highest BCUT2D eigenvalue weighted by molar-refractivity contribution is 5.82. The van der Waals surface area contributed by atoms with Crippen molar-refractivity contribution in [2.75, 3.05) is 0 Å². The number of hydrogen-bond acceptors (Lipinski definition) is 2. The smallest absolute Gasteiger partial charge is 0.315 e. The third kappa shape index (κ3) is 3.84. The van der Waals surface area contributed by atoms with Crippen LogP contribution in [-0.2, 0) is 24.1 Å². The second-order valence-corrected chi connectivity index (χ2v) is 5.81. The Bertz CT molecular complexity index is 463. The molecule has 2 rings (SSSR count). The van der Waals surface area contributed by atoms with E-state index in [9.17, 15) is 4.79 Å². The Morgan fingerprint density at radius 1 is 1.00 bits per heavy atom. The Balaban J connectivity index is 2.13. The topological polar surface area (TPSA) is 26.3 Å². The molecule has 0 aliphatic carbocycles. The standard InChI is InChI=1S/C18H26O2/c1-3-5-7-9-14-11-15(10-8-6-4-2)18-16(12-14)13-17(19)20-18/h11-12H,3-10,13H2,1-2H3. The highest BCUT2D eigenvalue weighted by atomic mass is 16.5. The first kappa shape index (κ1) is 15.1. The quantitative estimate of drug-likeness (QED) is 0.393. The molecule has 1 aromatic rings. The van der Waals surface area contributed by atoms with Crippen LogP contribution in [0.4, 0.5) is 0 Å². The van der Waals surface area contributed by atoms with Gasteiger partial charge >= 0.3 is 5.97 Å². The number of rotatable bonds is 8. The molecule has 20 heavy (non-hydrogen) atoms. The highest BCUT2D eigenvalue weighted by Crippen LogP contribution is 2.33. The first-order chi connectivity index (χ1) is 9.74. The van der Waals surface area contributed by atoms with E-state index < -0.39 is 0 Å². The molecule has 0 spiro atoms. The van der Waals surface area contributed by atoms with Crippen molar-refractivity contribution in [2.24, 2.45) is 0 Å². The monoisotopic (exact) mass is 274 g/mol. The van der Waals surface area contributed by atoms with Crippen molar-refractivity contribution >= 4 is 5.97 Å². The highest BCUT2D eigenvalue weighted by Gasteiger charge is 2.23. The molecule has 1 aliphatic heterocycles. The number of benzene rings is 1. The molecule has 1 aromatic carbocycles. The molecule has 0 saturated heterocycles. The Morgan fingerprint density at radius 2 is 1.70 bits per heavy atom. The summed E-state index contributed by atoms with van der Waals surface area (Å²) in [7, 11) is 0. The van der Waals surface area contributed by atoms with Crippen molar-refractivity contribution < 1.29 is 9.53 Å². The van der Waals surface area contributed by atoms with Gasteiger partial charge in [-0.25, -0.2) is 0 Å². The molecule has 0 atom stereocenters. The van der Waals surface area contributed by atoms with Gasteiger partial charge in [0.15, 0.2) is 0 Å². The predicted molar refractivity (Wildman–Crippen MR) is 82.2 cm³/mol. The zero-order valence-corrected chi connectivity index (χ0v) is 12.8. The lowest BCUT2D eigenvalue weighted by Crippen LogP contribution is -2.01. The molecule has 0 N–H and O–H groups in total. The average molecular weight is 274 g/mol. The fourth-order valence-electron chi connectivity index (χ4n) is 2.87. The van der Waals surface area contributed by atoms with Gasteiger partial charge in [0.2, 0.25) is 0 Å². The Labute approximate surface area is 122 Å². The molecule has 0 fully saturated rings. The first-order valence-corrected chi connectivity index (χ1v) is 8.10. The second-order valence-electron chi connectivity index (χ2n) is 5.81. The van der Waals surface area contributed by atoms with Crippen LogP contribution in [0.1, 0.15) is 69.1 Å². The van der Waals surface area contributed by atoms with Crippen molar-refractivity contribution in [2.45, 2.75) is 71.6 Å². The van der Waals surface area contributed by atoms with Crippen LogP contribution in [-0.4, -0.2) is 5.97 Å². The molecule has 1 heterocycles. The lowest BCUT2D eigenvalue weighted by molar-refractivity contribution is -0.131. The number of esters is 1. The van der Waals surface area contributed by atoms with Crippen molar-refractivity contribution in [1.29, 1.82) is 0 Å². The number of unbranched alkanes of at least 4 members (excludes halogenated alkanes) is 4. The summed E-state index contributed by atoms with van der Waals surface area (Å²) in [6.07, 6.45) is 10.0. The summed E-state index contributed by atoms with van der Waals surface area (Å²) in [5.74, 6) is 0.771. The zero-order chi connectivity index (χ0) is 14.4. The normalized spacial score (nSPS) is 13.4. The molecule has 110 valence electrons. The van der Waals surface area contributed by atoms with Crippen molar-refractivity contribution in [3.8, 4) is 5.75 Å². The molecule has 1 aliphatic rings. The molecular weight excluding hydrogens is 248 g/mol. The van der Waals surface area contributed by atoms with Crippen molar-refractivity contribution in [3.05, 3.63) is 28.8 Å². The van der Waals surface area contributed by atoms with E-state index in [0.717, 1.165) is 24.2 Å². The molecule has 0 amide bonds. The van der Waals surface area contributed by atoms with E-state index in [1.165, 1.54) is 49.7 Å². The number of aryl methyl sites for hydroxylation is 2. The minimum Gasteiger partial charge on any atom is -0.426 e. The van der Waals surface area contributed by atoms with E-state index in [0.29, 0.717) is 6.42 Å². The SMILES string of the molecule is CCCCCc1cc(CCCCC)c2c(c1)CC(=O)O2. The Hall–Kier alpha value is -1.31. The number of ether oxygens (including phenoxy) is 1. The van der Waals surface area contributed by atoms with Crippen LogP contribution in [0.3, 0.4) is 0 Å². The van der Waals surface area contributed by atoms with Crippen LogP contribution in [0, 0.1) is 0 Å². The predicted octanol–water partition coefficient (Wildman–Crippen LogP) is 4.61. The van der Waals surface area contributed by atoms with E-state index in [1.54, 1.807) is 0 Å². The van der Waals surface area contributed by atoms with Gasteiger partial charge in [0.25, 0.3) is 0 Å². The lowest BCUT2D eigenvalue weighted by atomic mass is 9.96. The van der Waals surface area contributed by atoms with Gasteiger partial charge in [-0.05, 0) is 36.8 Å². The van der Waals surface area contributed by atoms with Gasteiger partial charge < -0.3 is 4.74 Å². The molecule has 0 radical (unpaired) electrons. The van der Waals surface area contributed by atoms with Crippen LogP contribution in [0.2, 0.25) is 0 Å². The van der Waals surface area contributed by atoms with Gasteiger partial charge in [-0.15, -0.1) is 0 Å². The number of hydrogen-bond donors (Lipinski definition) is 0. The molecule has 2 nitrogen and oxygen atoms in total. The van der Waals surface area contributed by atoms with Gasteiger partial charge in [-0.2, -0.15) is 0 Å². The summed E-state index contributed by atoms with van der Waals surface area (Å²) in [6, 6.07) is 4.45. The van der Waals surface area contributed by atoms with E-state index in [1.807, 2.05) is 0 Å². The molecule has 0 bridgehead atoms. The van der Waals surface area contributed by atoms with Crippen molar-refractivity contribution in [1.82, 2.24) is 0 Å². The third-order valence-corrected chi connectivity index (χ3v) is 3.97. The first-order valence-electron chi connectivity index (χ1n) is 8.10. The number of carbonyl (C=O) groups excluding carboxylic acids is 1. The zero-order valence-electron chi connectivity index (χ0n) is 12.8. The van der Waals surface area contributed by atoms with E-state index in [4.69, 9.17) is 4.74 Å². The molecule has 0 unspecified atom stereocenters. The van der Waals surface area contributed by atoms with Gasteiger partial charge in [0.1, 0.15) is 5.75 Å². The lowest BCUT2D eigenvalue weighted by Gasteiger charge is -2.10. The maximum Gasteiger partial charge on any atom is 0.315 e. The van der Waals surface area contributed by atoms with Crippen LogP contribution < -0.4 is 4.74 Å². The Kier molecular flexibility index (Phi) is 5.63. The Morgan fingerprint density at radius 3 is 2.40 bits per heavy atom.